The van der Waals surface area contributed by atoms with Gasteiger partial charge in [0.05, 0.1) is 12.0 Å². The van der Waals surface area contributed by atoms with Gasteiger partial charge in [0, 0.05) is 6.54 Å². The molecule has 0 saturated carbocycles. The number of ether oxygens (including phenoxy) is 1. The molecule has 0 radical (unpaired) electrons. The first-order valence-electron chi connectivity index (χ1n) is 5.80. The molecule has 0 aliphatic carbocycles. The second kappa shape index (κ2) is 5.12. The third kappa shape index (κ3) is 2.34. The van der Waals surface area contributed by atoms with Crippen LogP contribution in [0.4, 0.5) is 4.79 Å². The van der Waals surface area contributed by atoms with Crippen LogP contribution in [-0.2, 0) is 14.6 Å². The predicted molar refractivity (Wildman–Crippen MR) is 68.3 cm³/mol. The van der Waals surface area contributed by atoms with Crippen LogP contribution in [0.25, 0.3) is 0 Å². The number of benzene rings is 1. The van der Waals surface area contributed by atoms with Gasteiger partial charge in [0.2, 0.25) is 0 Å². The first-order valence-corrected chi connectivity index (χ1v) is 7.35. The van der Waals surface area contributed by atoms with Gasteiger partial charge in [0.1, 0.15) is 11.0 Å². The van der Waals surface area contributed by atoms with Crippen LogP contribution < -0.4 is 4.74 Å². The molecule has 1 aromatic carbocycles. The van der Waals surface area contributed by atoms with Gasteiger partial charge in [-0.3, -0.25) is 4.79 Å². The van der Waals surface area contributed by atoms with E-state index in [0.717, 1.165) is 0 Å². The summed E-state index contributed by atoms with van der Waals surface area (Å²) in [6.07, 6.45) is -1.46. The third-order valence-corrected chi connectivity index (χ3v) is 5.27. The van der Waals surface area contributed by atoms with Crippen molar-refractivity contribution in [3.8, 4) is 5.75 Å². The number of imide groups is 1. The second-order valence-corrected chi connectivity index (χ2v) is 6.40. The second-order valence-electron chi connectivity index (χ2n) is 4.27. The first kappa shape index (κ1) is 14.3. The molecule has 1 aromatic rings. The van der Waals surface area contributed by atoms with Crippen molar-refractivity contribution in [3.05, 3.63) is 24.3 Å². The summed E-state index contributed by atoms with van der Waals surface area (Å²) in [5.74, 6) is -0.401. The Morgan fingerprint density at radius 1 is 1.35 bits per heavy atom. The van der Waals surface area contributed by atoms with E-state index in [1.165, 1.54) is 31.4 Å². The number of methoxy groups -OCH3 is 1. The van der Waals surface area contributed by atoms with E-state index in [-0.39, 0.29) is 17.9 Å². The molecule has 2 rings (SSSR count). The molecule has 1 aliphatic rings. The molecular formula is C12H13NO6S. The van der Waals surface area contributed by atoms with E-state index in [1.54, 1.807) is 0 Å². The highest BCUT2D eigenvalue weighted by Gasteiger charge is 2.44. The Morgan fingerprint density at radius 2 is 1.95 bits per heavy atom. The zero-order chi connectivity index (χ0) is 14.9. The fourth-order valence-corrected chi connectivity index (χ4v) is 3.71. The largest absolute Gasteiger partial charge is 0.497 e. The van der Waals surface area contributed by atoms with Crippen molar-refractivity contribution < 1.29 is 27.9 Å². The zero-order valence-electron chi connectivity index (χ0n) is 10.6. The van der Waals surface area contributed by atoms with E-state index in [0.29, 0.717) is 10.6 Å². The Balaban J connectivity index is 2.31. The minimum Gasteiger partial charge on any atom is -0.497 e. The van der Waals surface area contributed by atoms with E-state index in [4.69, 9.17) is 9.84 Å². The van der Waals surface area contributed by atoms with Crippen LogP contribution >= 0.6 is 0 Å². The van der Waals surface area contributed by atoms with Crippen molar-refractivity contribution in [2.75, 3.05) is 13.7 Å². The number of carbonyl (C=O) groups is 2. The van der Waals surface area contributed by atoms with Crippen LogP contribution in [0.3, 0.4) is 0 Å². The summed E-state index contributed by atoms with van der Waals surface area (Å²) >= 11 is 0. The fourth-order valence-electron chi connectivity index (χ4n) is 2.06. The summed E-state index contributed by atoms with van der Waals surface area (Å²) < 4.78 is 29.6. The molecule has 1 heterocycles. The summed E-state index contributed by atoms with van der Waals surface area (Å²) in [5.41, 5.74) is 0. The van der Waals surface area contributed by atoms with Crippen LogP contribution in [0.5, 0.6) is 5.75 Å². The molecule has 7 nitrogen and oxygen atoms in total. The molecule has 20 heavy (non-hydrogen) atoms. The number of carbonyl (C=O) groups excluding carboxylic acids is 1. The number of carboxylic acid groups (broad SMARTS) is 1. The van der Waals surface area contributed by atoms with E-state index < -0.39 is 27.1 Å². The van der Waals surface area contributed by atoms with Gasteiger partial charge in [-0.05, 0) is 30.7 Å². The quantitative estimate of drug-likeness (QED) is 0.883. The van der Waals surface area contributed by atoms with Gasteiger partial charge < -0.3 is 9.84 Å². The van der Waals surface area contributed by atoms with Gasteiger partial charge in [-0.15, -0.1) is 0 Å². The van der Waals surface area contributed by atoms with Gasteiger partial charge in [-0.1, -0.05) is 0 Å². The average molecular weight is 299 g/mol. The lowest BCUT2D eigenvalue weighted by Gasteiger charge is -2.12. The predicted octanol–water partition coefficient (Wildman–Crippen LogP) is 0.748. The van der Waals surface area contributed by atoms with Crippen LogP contribution in [0.15, 0.2) is 29.2 Å². The summed E-state index contributed by atoms with van der Waals surface area (Å²) in [7, 11) is -2.44. The smallest absolute Gasteiger partial charge is 0.414 e. The van der Waals surface area contributed by atoms with Crippen molar-refractivity contribution in [1.29, 1.82) is 0 Å². The van der Waals surface area contributed by atoms with Gasteiger partial charge >= 0.3 is 6.09 Å². The molecule has 0 spiro atoms. The minimum absolute atomic E-state index is 0.0242. The maximum Gasteiger partial charge on any atom is 0.414 e. The first-order chi connectivity index (χ1) is 9.37. The monoisotopic (exact) mass is 299 g/mol. The van der Waals surface area contributed by atoms with Crippen LogP contribution in [-0.4, -0.2) is 49.3 Å². The number of sulfone groups is 1. The molecule has 1 N–H and O–H groups in total. The average Bonchev–Trinajstić information content (AvgIpc) is 2.81. The summed E-state index contributed by atoms with van der Waals surface area (Å²) in [5, 5.41) is 7.46. The maximum absolute atomic E-state index is 12.3. The van der Waals surface area contributed by atoms with Gasteiger partial charge in [-0.2, -0.15) is 0 Å². The van der Waals surface area contributed by atoms with Crippen molar-refractivity contribution in [1.82, 2.24) is 4.90 Å². The van der Waals surface area contributed by atoms with Crippen molar-refractivity contribution in [2.45, 2.75) is 16.6 Å². The molecule has 2 amide bonds. The Morgan fingerprint density at radius 3 is 2.40 bits per heavy atom. The zero-order valence-corrected chi connectivity index (χ0v) is 11.5. The molecule has 1 aliphatic heterocycles. The third-order valence-electron chi connectivity index (χ3n) is 3.15. The normalized spacial score (nSPS) is 19.1. The van der Waals surface area contributed by atoms with Crippen molar-refractivity contribution in [3.63, 3.8) is 0 Å². The highest BCUT2D eigenvalue weighted by atomic mass is 32.2. The van der Waals surface area contributed by atoms with E-state index in [1.807, 2.05) is 0 Å². The highest BCUT2D eigenvalue weighted by Crippen LogP contribution is 2.26. The Labute approximate surface area is 115 Å². The van der Waals surface area contributed by atoms with Crippen LogP contribution in [0.1, 0.15) is 6.42 Å². The molecule has 8 heteroatoms. The standard InChI is InChI=1S/C12H13NO6S/c1-19-8-2-4-9(5-3-8)20(17,18)10-6-7-13(11(10)14)12(15)16/h2-5,10H,6-7H2,1H3,(H,15,16)/t10-/m1/s1. The SMILES string of the molecule is COc1ccc(S(=O)(=O)[C@@H]2CCN(C(=O)O)C2=O)cc1. The van der Waals surface area contributed by atoms with Crippen LogP contribution in [0.2, 0.25) is 0 Å². The summed E-state index contributed by atoms with van der Waals surface area (Å²) in [6.45, 7) is -0.103. The number of rotatable bonds is 3. The molecule has 0 bridgehead atoms. The summed E-state index contributed by atoms with van der Waals surface area (Å²) in [6, 6.07) is 5.62. The molecule has 108 valence electrons. The van der Waals surface area contributed by atoms with Gasteiger partial charge in [0.15, 0.2) is 9.84 Å². The lowest BCUT2D eigenvalue weighted by Crippen LogP contribution is -2.36. The topological polar surface area (TPSA) is 101 Å². The molecular weight excluding hydrogens is 286 g/mol. The molecule has 1 fully saturated rings. The van der Waals surface area contributed by atoms with E-state index in [9.17, 15) is 18.0 Å². The van der Waals surface area contributed by atoms with Crippen molar-refractivity contribution >= 4 is 21.8 Å². The van der Waals surface area contributed by atoms with Gasteiger partial charge in [-0.25, -0.2) is 18.1 Å². The Kier molecular flexibility index (Phi) is 3.67. The van der Waals surface area contributed by atoms with Crippen molar-refractivity contribution in [2.24, 2.45) is 0 Å². The van der Waals surface area contributed by atoms with E-state index >= 15 is 0 Å². The highest BCUT2D eigenvalue weighted by molar-refractivity contribution is 7.92. The number of hydrogen-bond donors (Lipinski definition) is 1. The minimum atomic E-state index is -3.89. The van der Waals surface area contributed by atoms with Crippen LogP contribution in [0, 0.1) is 0 Å². The molecule has 1 atom stereocenters. The molecule has 1 saturated heterocycles. The van der Waals surface area contributed by atoms with E-state index in [2.05, 4.69) is 0 Å². The maximum atomic E-state index is 12.3. The number of nitrogens with zero attached hydrogens (tertiary/aromatic N) is 1. The Hall–Kier alpha value is -2.09. The Bertz CT molecular complexity index is 636. The lowest BCUT2D eigenvalue weighted by molar-refractivity contribution is -0.125. The van der Waals surface area contributed by atoms with Gasteiger partial charge in [0.25, 0.3) is 5.91 Å². The molecule has 0 aromatic heterocycles. The molecule has 0 unspecified atom stereocenters. The lowest BCUT2D eigenvalue weighted by atomic mass is 10.3. The fraction of sp³-hybridized carbons (Fsp3) is 0.333. The summed E-state index contributed by atoms with van der Waals surface area (Å²) in [4.78, 5) is 23.1. The number of amides is 2. The number of hydrogen-bond acceptors (Lipinski definition) is 5. The number of likely N-dealkylation sites (tertiary alicyclic amines) is 1.